The fourth-order valence-electron chi connectivity index (χ4n) is 8.28. The van der Waals surface area contributed by atoms with Crippen LogP contribution in [-0.4, -0.2) is 31.4 Å². The molecule has 0 aromatic rings. The number of fused-ring (bicyclic) bond motifs is 1. The topological polar surface area (TPSA) is 46.5 Å². The SMILES string of the molecule is C=C1CC[C@H](O[Si](C)(C)C(C)(C)C)C/C1=C/C=C1\CCC[C@]2(C)[C@@H]([C@H](C)/C=C/[C@@H](O)C3(C(=O)CCCC)CC3)CC[C@@H]12. The molecule has 4 aliphatic rings. The summed E-state index contributed by atoms with van der Waals surface area (Å²) in [5.41, 5.74) is 4.13. The van der Waals surface area contributed by atoms with Gasteiger partial charge in [-0.25, -0.2) is 0 Å². The average Bonchev–Trinajstić information content (AvgIpc) is 3.66. The minimum Gasteiger partial charge on any atom is -0.414 e. The van der Waals surface area contributed by atoms with Crippen molar-refractivity contribution in [3.8, 4) is 0 Å². The molecule has 0 aromatic carbocycles. The molecular weight excluding hydrogens is 533 g/mol. The van der Waals surface area contributed by atoms with E-state index in [0.29, 0.717) is 35.7 Å². The maximum Gasteiger partial charge on any atom is 0.192 e. The Hall–Kier alpha value is -1.23. The van der Waals surface area contributed by atoms with Gasteiger partial charge >= 0.3 is 0 Å². The van der Waals surface area contributed by atoms with Gasteiger partial charge in [-0.2, -0.15) is 0 Å². The quantitative estimate of drug-likeness (QED) is 0.191. The summed E-state index contributed by atoms with van der Waals surface area (Å²) < 4.78 is 6.83. The van der Waals surface area contributed by atoms with Gasteiger partial charge in [-0.3, -0.25) is 4.79 Å². The molecule has 6 atom stereocenters. The Balaban J connectivity index is 1.42. The van der Waals surface area contributed by atoms with Gasteiger partial charge < -0.3 is 9.53 Å². The summed E-state index contributed by atoms with van der Waals surface area (Å²) in [6.07, 6.45) is 22.4. The summed E-state index contributed by atoms with van der Waals surface area (Å²) in [4.78, 5) is 12.8. The zero-order chi connectivity index (χ0) is 30.9. The van der Waals surface area contributed by atoms with Gasteiger partial charge in [-0.15, -0.1) is 0 Å². The number of allylic oxidation sites excluding steroid dienone is 5. The summed E-state index contributed by atoms with van der Waals surface area (Å²) in [5.74, 6) is 1.92. The summed E-state index contributed by atoms with van der Waals surface area (Å²) in [6.45, 7) is 23.2. The number of carbonyl (C=O) groups is 1. The molecule has 42 heavy (non-hydrogen) atoms. The Kier molecular flexibility index (Phi) is 10.4. The molecule has 0 unspecified atom stereocenters. The van der Waals surface area contributed by atoms with E-state index >= 15 is 0 Å². The lowest BCUT2D eigenvalue weighted by molar-refractivity contribution is -0.127. The third-order valence-electron chi connectivity index (χ3n) is 12.4. The zero-order valence-electron chi connectivity index (χ0n) is 28.4. The number of aliphatic hydroxyl groups excluding tert-OH is 1. The van der Waals surface area contributed by atoms with Crippen molar-refractivity contribution in [2.75, 3.05) is 0 Å². The highest BCUT2D eigenvalue weighted by Gasteiger charge is 2.54. The van der Waals surface area contributed by atoms with Crippen LogP contribution in [0.4, 0.5) is 0 Å². The number of unbranched alkanes of at least 4 members (excludes halogenated alkanes) is 1. The molecule has 0 aromatic heterocycles. The van der Waals surface area contributed by atoms with Crippen molar-refractivity contribution in [1.29, 1.82) is 0 Å². The molecule has 4 fully saturated rings. The van der Waals surface area contributed by atoms with Gasteiger partial charge in [0.15, 0.2) is 8.32 Å². The number of hydrogen-bond donors (Lipinski definition) is 1. The summed E-state index contributed by atoms with van der Waals surface area (Å²) in [7, 11) is -1.79. The number of carbonyl (C=O) groups excluding carboxylic acids is 1. The van der Waals surface area contributed by atoms with E-state index < -0.39 is 19.8 Å². The highest BCUT2D eigenvalue weighted by atomic mass is 28.4. The molecule has 4 rings (SSSR count). The third kappa shape index (κ3) is 7.02. The van der Waals surface area contributed by atoms with Gasteiger partial charge in [0.05, 0.1) is 11.5 Å². The first kappa shape index (κ1) is 33.7. The van der Waals surface area contributed by atoms with Crippen LogP contribution in [0.5, 0.6) is 0 Å². The molecule has 4 heteroatoms. The van der Waals surface area contributed by atoms with E-state index in [1.54, 1.807) is 5.57 Å². The second-order valence-corrected chi connectivity index (χ2v) is 21.0. The lowest BCUT2D eigenvalue weighted by Gasteiger charge is -2.44. The highest BCUT2D eigenvalue weighted by Crippen LogP contribution is 2.60. The van der Waals surface area contributed by atoms with Crippen LogP contribution in [0.1, 0.15) is 125 Å². The Morgan fingerprint density at radius 1 is 1.12 bits per heavy atom. The van der Waals surface area contributed by atoms with Crippen LogP contribution < -0.4 is 0 Å². The first-order valence-corrected chi connectivity index (χ1v) is 20.2. The van der Waals surface area contributed by atoms with Gasteiger partial charge in [-0.05, 0) is 118 Å². The number of Topliss-reactive ketones (excluding diaryl/α,β-unsaturated/α-hetero) is 1. The Labute approximate surface area is 259 Å². The fraction of sp³-hybridized carbons (Fsp3) is 0.763. The van der Waals surface area contributed by atoms with E-state index in [0.717, 1.165) is 44.9 Å². The summed E-state index contributed by atoms with van der Waals surface area (Å²) in [6, 6.07) is 0. The number of ketones is 1. The maximum absolute atomic E-state index is 12.8. The van der Waals surface area contributed by atoms with Crippen molar-refractivity contribution in [2.24, 2.45) is 28.6 Å². The molecule has 0 spiro atoms. The van der Waals surface area contributed by atoms with Crippen LogP contribution in [0.25, 0.3) is 0 Å². The average molecular weight is 595 g/mol. The molecule has 0 radical (unpaired) electrons. The van der Waals surface area contributed by atoms with Crippen LogP contribution in [0.3, 0.4) is 0 Å². The summed E-state index contributed by atoms with van der Waals surface area (Å²) >= 11 is 0. The molecule has 3 nitrogen and oxygen atoms in total. The molecule has 0 amide bonds. The van der Waals surface area contributed by atoms with Crippen molar-refractivity contribution in [3.05, 3.63) is 47.6 Å². The van der Waals surface area contributed by atoms with Crippen LogP contribution in [-0.2, 0) is 9.22 Å². The van der Waals surface area contributed by atoms with Gasteiger partial charge in [-0.1, -0.05) is 90.0 Å². The second kappa shape index (κ2) is 13.0. The first-order valence-electron chi connectivity index (χ1n) is 17.3. The summed E-state index contributed by atoms with van der Waals surface area (Å²) in [5, 5.41) is 11.3. The van der Waals surface area contributed by atoms with Crippen molar-refractivity contribution in [3.63, 3.8) is 0 Å². The molecule has 0 bridgehead atoms. The minimum atomic E-state index is -1.79. The molecular formula is C38H62O3Si. The van der Waals surface area contributed by atoms with Gasteiger partial charge in [0.2, 0.25) is 0 Å². The second-order valence-electron chi connectivity index (χ2n) is 16.2. The maximum atomic E-state index is 12.8. The largest absolute Gasteiger partial charge is 0.414 e. The predicted molar refractivity (Wildman–Crippen MR) is 180 cm³/mol. The molecule has 236 valence electrons. The number of aliphatic hydroxyl groups is 1. The van der Waals surface area contributed by atoms with Crippen molar-refractivity contribution < 1.29 is 14.3 Å². The predicted octanol–water partition coefficient (Wildman–Crippen LogP) is 10.3. The molecule has 4 aliphatic carbocycles. The van der Waals surface area contributed by atoms with Crippen molar-refractivity contribution in [2.45, 2.75) is 155 Å². The Morgan fingerprint density at radius 2 is 1.83 bits per heavy atom. The third-order valence-corrected chi connectivity index (χ3v) is 16.9. The van der Waals surface area contributed by atoms with Crippen LogP contribution in [0.2, 0.25) is 18.1 Å². The van der Waals surface area contributed by atoms with Crippen LogP contribution in [0, 0.1) is 28.6 Å². The molecule has 0 aliphatic heterocycles. The number of hydrogen-bond acceptors (Lipinski definition) is 3. The fourth-order valence-corrected chi connectivity index (χ4v) is 9.67. The van der Waals surface area contributed by atoms with Gasteiger partial charge in [0.25, 0.3) is 0 Å². The number of rotatable bonds is 11. The Morgan fingerprint density at radius 3 is 2.48 bits per heavy atom. The standard InChI is InChI=1S/C38H62O3Si/c1-10-11-14-34(39)38(24-25-38)35(40)22-16-28(3)32-20-21-33-29(13-12-23-37(32,33)7)17-18-30-26-31(19-15-27(30)2)41-42(8,9)36(4,5)6/h16-18,22,28,31-33,35,40H,2,10-15,19-21,23-26H2,1,3-9H3/b22-16+,29-17+,30-18-/t28-,31+,32-,33+,35-,37-/m1/s1. The lowest BCUT2D eigenvalue weighted by Crippen LogP contribution is -2.44. The normalized spacial score (nSPS) is 33.3. The molecule has 0 heterocycles. The van der Waals surface area contributed by atoms with Gasteiger partial charge in [0, 0.05) is 12.5 Å². The lowest BCUT2D eigenvalue weighted by atomic mass is 9.61. The van der Waals surface area contributed by atoms with E-state index in [1.165, 1.54) is 43.3 Å². The van der Waals surface area contributed by atoms with Crippen LogP contribution in [0.15, 0.2) is 47.6 Å². The van der Waals surface area contributed by atoms with E-state index in [1.807, 2.05) is 6.08 Å². The van der Waals surface area contributed by atoms with E-state index in [2.05, 4.69) is 79.4 Å². The highest BCUT2D eigenvalue weighted by molar-refractivity contribution is 6.74. The van der Waals surface area contributed by atoms with Crippen molar-refractivity contribution >= 4 is 14.1 Å². The van der Waals surface area contributed by atoms with E-state index in [4.69, 9.17) is 4.43 Å². The van der Waals surface area contributed by atoms with E-state index in [9.17, 15) is 9.90 Å². The monoisotopic (exact) mass is 594 g/mol. The smallest absolute Gasteiger partial charge is 0.192 e. The molecule has 0 saturated heterocycles. The van der Waals surface area contributed by atoms with E-state index in [-0.39, 0.29) is 10.8 Å². The minimum absolute atomic E-state index is 0.231. The first-order chi connectivity index (χ1) is 19.6. The molecule has 4 saturated carbocycles. The van der Waals surface area contributed by atoms with Crippen molar-refractivity contribution in [1.82, 2.24) is 0 Å². The Bertz CT molecular complexity index is 1080. The van der Waals surface area contributed by atoms with Gasteiger partial charge in [0.1, 0.15) is 5.78 Å². The van der Waals surface area contributed by atoms with Crippen LogP contribution >= 0.6 is 0 Å². The molecule has 1 N–H and O–H groups in total. The zero-order valence-corrected chi connectivity index (χ0v) is 29.4.